The van der Waals surface area contributed by atoms with E-state index >= 15 is 0 Å². The van der Waals surface area contributed by atoms with E-state index in [4.69, 9.17) is 0 Å². The molecule has 4 nitrogen and oxygen atoms in total. The summed E-state index contributed by atoms with van der Waals surface area (Å²) in [4.78, 5) is 14.5. The summed E-state index contributed by atoms with van der Waals surface area (Å²) in [6.45, 7) is 0.876. The first-order valence-corrected chi connectivity index (χ1v) is 8.45. The summed E-state index contributed by atoms with van der Waals surface area (Å²) in [6.07, 6.45) is 10.9. The summed E-state index contributed by atoms with van der Waals surface area (Å²) >= 11 is 0. The number of piperidine rings is 1. The van der Waals surface area contributed by atoms with Gasteiger partial charge in [-0.1, -0.05) is 19.3 Å². The second-order valence-corrected chi connectivity index (χ2v) is 6.90. The number of hydrogen-bond acceptors (Lipinski definition) is 3. The summed E-state index contributed by atoms with van der Waals surface area (Å²) in [5, 5.41) is 13.0. The molecule has 0 aromatic rings. The summed E-state index contributed by atoms with van der Waals surface area (Å²) in [7, 11) is 0. The van der Waals surface area contributed by atoms with E-state index in [1.165, 1.54) is 32.1 Å². The molecule has 114 valence electrons. The molecule has 20 heavy (non-hydrogen) atoms. The molecule has 1 amide bonds. The Hall–Kier alpha value is -0.610. The molecule has 2 heterocycles. The van der Waals surface area contributed by atoms with Crippen LogP contribution in [0, 0.1) is 0 Å². The summed E-state index contributed by atoms with van der Waals surface area (Å²) in [5.74, 6) is 0.224. The molecule has 3 fully saturated rings. The van der Waals surface area contributed by atoms with Crippen LogP contribution in [0.1, 0.15) is 64.2 Å². The normalized spacial score (nSPS) is 35.1. The number of rotatable bonds is 4. The Labute approximate surface area is 121 Å². The van der Waals surface area contributed by atoms with Crippen molar-refractivity contribution in [1.29, 1.82) is 0 Å². The number of aliphatic hydroxyl groups is 1. The quantitative estimate of drug-likeness (QED) is 0.826. The van der Waals surface area contributed by atoms with Crippen molar-refractivity contribution in [3.8, 4) is 0 Å². The predicted molar refractivity (Wildman–Crippen MR) is 78.4 cm³/mol. The topological polar surface area (TPSA) is 52.6 Å². The molecular weight excluding hydrogens is 252 g/mol. The van der Waals surface area contributed by atoms with Gasteiger partial charge < -0.3 is 10.4 Å². The number of nitrogens with one attached hydrogen (secondary N) is 1. The summed E-state index contributed by atoms with van der Waals surface area (Å²) in [6, 6.07) is 1.47. The van der Waals surface area contributed by atoms with E-state index in [0.29, 0.717) is 24.5 Å². The van der Waals surface area contributed by atoms with Crippen LogP contribution in [0.15, 0.2) is 0 Å². The van der Waals surface area contributed by atoms with Crippen molar-refractivity contribution in [3.05, 3.63) is 0 Å². The minimum absolute atomic E-state index is 0.111. The highest BCUT2D eigenvalue weighted by Crippen LogP contribution is 2.35. The van der Waals surface area contributed by atoms with Gasteiger partial charge in [0.05, 0.1) is 6.10 Å². The second-order valence-electron chi connectivity index (χ2n) is 6.90. The number of hydrogen-bond donors (Lipinski definition) is 2. The van der Waals surface area contributed by atoms with E-state index in [2.05, 4.69) is 10.2 Å². The number of amides is 1. The molecule has 0 aromatic heterocycles. The van der Waals surface area contributed by atoms with Crippen LogP contribution in [0.2, 0.25) is 0 Å². The monoisotopic (exact) mass is 280 g/mol. The van der Waals surface area contributed by atoms with Gasteiger partial charge in [0.2, 0.25) is 5.91 Å². The van der Waals surface area contributed by atoms with Gasteiger partial charge in [-0.25, -0.2) is 0 Å². The summed E-state index contributed by atoms with van der Waals surface area (Å²) < 4.78 is 0. The lowest BCUT2D eigenvalue weighted by Crippen LogP contribution is -2.46. The number of carbonyl (C=O) groups excluding carboxylic acids is 1. The smallest absolute Gasteiger partial charge is 0.221 e. The van der Waals surface area contributed by atoms with Crippen molar-refractivity contribution >= 4 is 5.91 Å². The van der Waals surface area contributed by atoms with Gasteiger partial charge in [-0.15, -0.1) is 0 Å². The highest BCUT2D eigenvalue weighted by atomic mass is 16.3. The lowest BCUT2D eigenvalue weighted by Gasteiger charge is -2.37. The molecule has 2 aliphatic heterocycles. The van der Waals surface area contributed by atoms with Gasteiger partial charge >= 0.3 is 0 Å². The van der Waals surface area contributed by atoms with E-state index in [1.807, 2.05) is 0 Å². The van der Waals surface area contributed by atoms with Gasteiger partial charge in [-0.05, 0) is 38.5 Å². The largest absolute Gasteiger partial charge is 0.393 e. The average molecular weight is 280 g/mol. The lowest BCUT2D eigenvalue weighted by atomic mass is 9.95. The molecule has 1 saturated carbocycles. The van der Waals surface area contributed by atoms with Crippen molar-refractivity contribution in [3.63, 3.8) is 0 Å². The molecule has 3 rings (SSSR count). The third-order valence-electron chi connectivity index (χ3n) is 5.43. The molecule has 0 radical (unpaired) electrons. The SMILES string of the molecule is O=C(CCN1C2CCC1CC(O)C2)NC1CCCCC1. The highest BCUT2D eigenvalue weighted by Gasteiger charge is 2.39. The van der Waals surface area contributed by atoms with Crippen LogP contribution in [0.4, 0.5) is 0 Å². The molecule has 4 heteroatoms. The zero-order chi connectivity index (χ0) is 13.9. The zero-order valence-corrected chi connectivity index (χ0v) is 12.4. The molecule has 1 aliphatic carbocycles. The van der Waals surface area contributed by atoms with Gasteiger partial charge in [0, 0.05) is 31.1 Å². The number of nitrogens with zero attached hydrogens (tertiary/aromatic N) is 1. The van der Waals surface area contributed by atoms with Crippen LogP contribution in [0.5, 0.6) is 0 Å². The lowest BCUT2D eigenvalue weighted by molar-refractivity contribution is -0.122. The van der Waals surface area contributed by atoms with E-state index in [9.17, 15) is 9.90 Å². The second kappa shape index (κ2) is 6.44. The maximum Gasteiger partial charge on any atom is 0.221 e. The van der Waals surface area contributed by atoms with Crippen molar-refractivity contribution < 1.29 is 9.90 Å². The maximum absolute atomic E-state index is 12.1. The first-order chi connectivity index (χ1) is 9.72. The van der Waals surface area contributed by atoms with Crippen LogP contribution in [0.25, 0.3) is 0 Å². The third kappa shape index (κ3) is 3.34. The van der Waals surface area contributed by atoms with E-state index in [-0.39, 0.29) is 12.0 Å². The molecule has 3 aliphatic rings. The van der Waals surface area contributed by atoms with Crippen LogP contribution < -0.4 is 5.32 Å². The van der Waals surface area contributed by atoms with E-state index in [0.717, 1.165) is 32.2 Å². The Morgan fingerprint density at radius 2 is 1.70 bits per heavy atom. The Morgan fingerprint density at radius 1 is 1.05 bits per heavy atom. The molecule has 2 saturated heterocycles. The fraction of sp³-hybridized carbons (Fsp3) is 0.938. The van der Waals surface area contributed by atoms with E-state index in [1.54, 1.807) is 0 Å². The van der Waals surface area contributed by atoms with E-state index < -0.39 is 0 Å². The number of aliphatic hydroxyl groups excluding tert-OH is 1. The number of fused-ring (bicyclic) bond motifs is 2. The van der Waals surface area contributed by atoms with Crippen molar-refractivity contribution in [2.45, 2.75) is 88.4 Å². The standard InChI is InChI=1S/C16H28N2O2/c19-15-10-13-6-7-14(11-15)18(13)9-8-16(20)17-12-4-2-1-3-5-12/h12-15,19H,1-11H2,(H,17,20). The van der Waals surface area contributed by atoms with Gasteiger partial charge in [0.1, 0.15) is 0 Å². The first kappa shape index (κ1) is 14.3. The Morgan fingerprint density at radius 3 is 2.35 bits per heavy atom. The fourth-order valence-corrected chi connectivity index (χ4v) is 4.39. The van der Waals surface area contributed by atoms with Crippen molar-refractivity contribution in [2.24, 2.45) is 0 Å². The predicted octanol–water partition coefficient (Wildman–Crippen LogP) is 1.81. The van der Waals surface area contributed by atoms with Crippen molar-refractivity contribution in [2.75, 3.05) is 6.54 Å². The van der Waals surface area contributed by atoms with Gasteiger partial charge in [0.15, 0.2) is 0 Å². The fourth-order valence-electron chi connectivity index (χ4n) is 4.39. The Balaban J connectivity index is 1.41. The van der Waals surface area contributed by atoms with Crippen molar-refractivity contribution in [1.82, 2.24) is 10.2 Å². The maximum atomic E-state index is 12.1. The third-order valence-corrected chi connectivity index (χ3v) is 5.43. The molecule has 2 N–H and O–H groups in total. The van der Waals surface area contributed by atoms with Crippen LogP contribution in [-0.2, 0) is 4.79 Å². The van der Waals surface area contributed by atoms with Crippen LogP contribution >= 0.6 is 0 Å². The minimum Gasteiger partial charge on any atom is -0.393 e. The first-order valence-electron chi connectivity index (χ1n) is 8.45. The minimum atomic E-state index is -0.111. The highest BCUT2D eigenvalue weighted by molar-refractivity contribution is 5.76. The molecule has 2 unspecified atom stereocenters. The van der Waals surface area contributed by atoms with Gasteiger partial charge in [-0.3, -0.25) is 9.69 Å². The van der Waals surface area contributed by atoms with Crippen LogP contribution in [-0.4, -0.2) is 46.7 Å². The Bertz CT molecular complexity index is 327. The van der Waals surface area contributed by atoms with Gasteiger partial charge in [-0.2, -0.15) is 0 Å². The molecule has 2 bridgehead atoms. The van der Waals surface area contributed by atoms with Gasteiger partial charge in [0.25, 0.3) is 0 Å². The zero-order valence-electron chi connectivity index (χ0n) is 12.4. The Kier molecular flexibility index (Phi) is 4.61. The van der Waals surface area contributed by atoms with Crippen LogP contribution in [0.3, 0.4) is 0 Å². The number of carbonyl (C=O) groups is 1. The summed E-state index contributed by atoms with van der Waals surface area (Å²) in [5.41, 5.74) is 0. The molecule has 0 aromatic carbocycles. The average Bonchev–Trinajstić information content (AvgIpc) is 2.68. The molecule has 2 atom stereocenters. The molecule has 0 spiro atoms. The molecular formula is C16H28N2O2.